The van der Waals surface area contributed by atoms with Gasteiger partial charge in [0.05, 0.1) is 6.61 Å². The molecule has 106 valence electrons. The van der Waals surface area contributed by atoms with Crippen LogP contribution in [0.2, 0.25) is 0 Å². The Balaban J connectivity index is 3.03. The average molecular weight is 254 g/mol. The summed E-state index contributed by atoms with van der Waals surface area (Å²) >= 11 is 0. The predicted molar refractivity (Wildman–Crippen MR) is 77.6 cm³/mol. The second-order valence-corrected chi connectivity index (χ2v) is 4.86. The van der Waals surface area contributed by atoms with E-state index in [4.69, 9.17) is 4.74 Å². The van der Waals surface area contributed by atoms with Gasteiger partial charge in [-0.2, -0.15) is 0 Å². The number of unbranched alkanes of at least 4 members (excludes halogenated alkanes) is 8. The molecule has 0 radical (unpaired) electrons. The highest BCUT2D eigenvalue weighted by Gasteiger charge is 1.93. The second kappa shape index (κ2) is 14.3. The average Bonchev–Trinajstić information content (AvgIpc) is 2.34. The van der Waals surface area contributed by atoms with Crippen molar-refractivity contribution in [3.8, 4) is 0 Å². The van der Waals surface area contributed by atoms with Gasteiger partial charge in [0.25, 0.3) is 0 Å². The van der Waals surface area contributed by atoms with Crippen molar-refractivity contribution >= 4 is 5.97 Å². The maximum Gasteiger partial charge on any atom is 0.302 e. The molecule has 0 aromatic rings. The van der Waals surface area contributed by atoms with Crippen molar-refractivity contribution in [2.45, 2.75) is 78.1 Å². The van der Waals surface area contributed by atoms with E-state index in [0.717, 1.165) is 6.42 Å². The van der Waals surface area contributed by atoms with Gasteiger partial charge in [-0.3, -0.25) is 4.79 Å². The van der Waals surface area contributed by atoms with E-state index in [9.17, 15) is 4.79 Å². The molecule has 0 spiro atoms. The molecular weight excluding hydrogens is 224 g/mol. The lowest BCUT2D eigenvalue weighted by molar-refractivity contribution is -0.141. The van der Waals surface area contributed by atoms with Crippen molar-refractivity contribution in [2.24, 2.45) is 0 Å². The van der Waals surface area contributed by atoms with Gasteiger partial charge in [-0.25, -0.2) is 0 Å². The van der Waals surface area contributed by atoms with Gasteiger partial charge in [0.1, 0.15) is 0 Å². The fourth-order valence-corrected chi connectivity index (χ4v) is 1.84. The molecule has 0 unspecified atom stereocenters. The minimum atomic E-state index is -0.162. The highest BCUT2D eigenvalue weighted by Crippen LogP contribution is 2.08. The van der Waals surface area contributed by atoms with E-state index in [1.54, 1.807) is 0 Å². The molecule has 2 heteroatoms. The Morgan fingerprint density at radius 3 is 2.06 bits per heavy atom. The summed E-state index contributed by atoms with van der Waals surface area (Å²) in [5.41, 5.74) is 0. The molecule has 0 bridgehead atoms. The van der Waals surface area contributed by atoms with Crippen LogP contribution in [0.3, 0.4) is 0 Å². The fraction of sp³-hybridized carbons (Fsp3) is 0.812. The summed E-state index contributed by atoms with van der Waals surface area (Å²) in [6, 6.07) is 0. The van der Waals surface area contributed by atoms with Crippen LogP contribution in [0, 0.1) is 0 Å². The molecule has 0 aromatic heterocycles. The maximum absolute atomic E-state index is 10.5. The minimum absolute atomic E-state index is 0.162. The van der Waals surface area contributed by atoms with E-state index < -0.39 is 0 Å². The Hall–Kier alpha value is -0.790. The standard InChI is InChI=1S/C16H30O2/c1-3-4-5-6-7-8-9-10-11-12-13-14-15-18-16(2)17/h6-7H,3-5,8-15H2,1-2H3. The van der Waals surface area contributed by atoms with Crippen LogP contribution < -0.4 is 0 Å². The van der Waals surface area contributed by atoms with Gasteiger partial charge in [-0.05, 0) is 25.7 Å². The molecule has 0 aromatic carbocycles. The molecular formula is C16H30O2. The minimum Gasteiger partial charge on any atom is -0.466 e. The summed E-state index contributed by atoms with van der Waals surface area (Å²) in [6.45, 7) is 4.29. The fourth-order valence-electron chi connectivity index (χ4n) is 1.84. The Bertz CT molecular complexity index is 209. The van der Waals surface area contributed by atoms with Crippen LogP contribution in [0.4, 0.5) is 0 Å². The molecule has 18 heavy (non-hydrogen) atoms. The van der Waals surface area contributed by atoms with Crippen molar-refractivity contribution in [1.82, 2.24) is 0 Å². The van der Waals surface area contributed by atoms with Crippen molar-refractivity contribution in [3.05, 3.63) is 12.2 Å². The monoisotopic (exact) mass is 254 g/mol. The van der Waals surface area contributed by atoms with E-state index in [0.29, 0.717) is 6.61 Å². The molecule has 0 fully saturated rings. The number of hydrogen-bond donors (Lipinski definition) is 0. The number of carbonyl (C=O) groups is 1. The van der Waals surface area contributed by atoms with Crippen LogP contribution >= 0.6 is 0 Å². The number of carbonyl (C=O) groups excluding carboxylic acids is 1. The zero-order valence-electron chi connectivity index (χ0n) is 12.2. The first-order valence-corrected chi connectivity index (χ1v) is 7.55. The van der Waals surface area contributed by atoms with Gasteiger partial charge in [-0.15, -0.1) is 0 Å². The van der Waals surface area contributed by atoms with E-state index in [1.165, 1.54) is 64.7 Å². The smallest absolute Gasteiger partial charge is 0.302 e. The molecule has 0 aliphatic heterocycles. The molecule has 0 amide bonds. The summed E-state index contributed by atoms with van der Waals surface area (Å²) < 4.78 is 4.89. The van der Waals surface area contributed by atoms with E-state index in [-0.39, 0.29) is 5.97 Å². The predicted octanol–water partition coefficient (Wildman–Crippen LogP) is 5.03. The van der Waals surface area contributed by atoms with Crippen LogP contribution in [0.1, 0.15) is 78.1 Å². The first kappa shape index (κ1) is 17.2. The molecule has 0 saturated carbocycles. The number of allylic oxidation sites excluding steroid dienone is 2. The Morgan fingerprint density at radius 2 is 1.44 bits per heavy atom. The number of esters is 1. The summed E-state index contributed by atoms with van der Waals surface area (Å²) in [7, 11) is 0. The first-order chi connectivity index (χ1) is 8.77. The SMILES string of the molecule is CCCCC=CCCCCCCCCOC(C)=O. The molecule has 0 aliphatic carbocycles. The van der Waals surface area contributed by atoms with Crippen molar-refractivity contribution in [2.75, 3.05) is 6.61 Å². The van der Waals surface area contributed by atoms with Crippen molar-refractivity contribution in [1.29, 1.82) is 0 Å². The number of hydrogen-bond acceptors (Lipinski definition) is 2. The Kier molecular flexibility index (Phi) is 13.6. The number of rotatable bonds is 12. The highest BCUT2D eigenvalue weighted by molar-refractivity contribution is 5.65. The van der Waals surface area contributed by atoms with Gasteiger partial charge in [0.15, 0.2) is 0 Å². The maximum atomic E-state index is 10.5. The van der Waals surface area contributed by atoms with Gasteiger partial charge in [-0.1, -0.05) is 57.6 Å². The summed E-state index contributed by atoms with van der Waals surface area (Å²) in [5.74, 6) is -0.162. The number of ether oxygens (including phenoxy) is 1. The molecule has 2 nitrogen and oxygen atoms in total. The lowest BCUT2D eigenvalue weighted by Crippen LogP contribution is -1.99. The molecule has 0 aliphatic rings. The van der Waals surface area contributed by atoms with Crippen LogP contribution in [0.15, 0.2) is 12.2 Å². The summed E-state index contributed by atoms with van der Waals surface area (Å²) in [4.78, 5) is 10.5. The molecule has 0 atom stereocenters. The van der Waals surface area contributed by atoms with Gasteiger partial charge >= 0.3 is 5.97 Å². The van der Waals surface area contributed by atoms with E-state index in [1.807, 2.05) is 0 Å². The third-order valence-corrected chi connectivity index (χ3v) is 2.96. The van der Waals surface area contributed by atoms with E-state index in [2.05, 4.69) is 19.1 Å². The van der Waals surface area contributed by atoms with Gasteiger partial charge in [0, 0.05) is 6.92 Å². The summed E-state index contributed by atoms with van der Waals surface area (Å²) in [5, 5.41) is 0. The van der Waals surface area contributed by atoms with Crippen molar-refractivity contribution < 1.29 is 9.53 Å². The highest BCUT2D eigenvalue weighted by atomic mass is 16.5. The zero-order valence-corrected chi connectivity index (χ0v) is 12.2. The molecule has 0 rings (SSSR count). The third-order valence-electron chi connectivity index (χ3n) is 2.96. The van der Waals surface area contributed by atoms with Crippen LogP contribution in [-0.4, -0.2) is 12.6 Å². The largest absolute Gasteiger partial charge is 0.466 e. The van der Waals surface area contributed by atoms with Crippen LogP contribution in [-0.2, 0) is 9.53 Å². The quantitative estimate of drug-likeness (QED) is 0.277. The lowest BCUT2D eigenvalue weighted by Gasteiger charge is -2.02. The van der Waals surface area contributed by atoms with Crippen molar-refractivity contribution in [3.63, 3.8) is 0 Å². The molecule has 0 saturated heterocycles. The Labute approximate surface area is 113 Å². The van der Waals surface area contributed by atoms with Crippen LogP contribution in [0.5, 0.6) is 0 Å². The summed E-state index contributed by atoms with van der Waals surface area (Å²) in [6.07, 6.45) is 17.1. The molecule has 0 N–H and O–H groups in total. The third kappa shape index (κ3) is 15.2. The van der Waals surface area contributed by atoms with E-state index >= 15 is 0 Å². The Morgan fingerprint density at radius 1 is 0.889 bits per heavy atom. The normalized spacial score (nSPS) is 11.0. The lowest BCUT2D eigenvalue weighted by atomic mass is 10.1. The van der Waals surface area contributed by atoms with Gasteiger partial charge in [0.2, 0.25) is 0 Å². The zero-order chi connectivity index (χ0) is 13.5. The molecule has 0 heterocycles. The topological polar surface area (TPSA) is 26.3 Å². The first-order valence-electron chi connectivity index (χ1n) is 7.55. The second-order valence-electron chi connectivity index (χ2n) is 4.86. The van der Waals surface area contributed by atoms with Gasteiger partial charge < -0.3 is 4.74 Å². The van der Waals surface area contributed by atoms with Crippen LogP contribution in [0.25, 0.3) is 0 Å².